The number of hydrogen-bond donors (Lipinski definition) is 1. The average Bonchev–Trinajstić information content (AvgIpc) is 2.73. The van der Waals surface area contributed by atoms with E-state index in [0.717, 1.165) is 44.6 Å². The van der Waals surface area contributed by atoms with Gasteiger partial charge in [-0.25, -0.2) is 15.0 Å². The van der Waals surface area contributed by atoms with Gasteiger partial charge in [0.15, 0.2) is 5.96 Å². The highest BCUT2D eigenvalue weighted by molar-refractivity contribution is 5.80. The highest BCUT2D eigenvalue weighted by Gasteiger charge is 2.20. The highest BCUT2D eigenvalue weighted by atomic mass is 16.5. The lowest BCUT2D eigenvalue weighted by Crippen LogP contribution is -2.52. The molecule has 27 heavy (non-hydrogen) atoms. The van der Waals surface area contributed by atoms with Crippen molar-refractivity contribution < 1.29 is 4.74 Å². The van der Waals surface area contributed by atoms with Crippen LogP contribution < -0.4 is 10.2 Å². The first-order chi connectivity index (χ1) is 13.3. The minimum absolute atomic E-state index is 0.640. The smallest absolute Gasteiger partial charge is 0.225 e. The largest absolute Gasteiger partial charge is 0.380 e. The van der Waals surface area contributed by atoms with Crippen molar-refractivity contribution in [3.63, 3.8) is 0 Å². The molecule has 1 aliphatic rings. The van der Waals surface area contributed by atoms with Gasteiger partial charge in [0.1, 0.15) is 0 Å². The summed E-state index contributed by atoms with van der Waals surface area (Å²) in [5.74, 6) is 1.77. The van der Waals surface area contributed by atoms with Crippen molar-refractivity contribution in [3.8, 4) is 0 Å². The molecule has 7 nitrogen and oxygen atoms in total. The van der Waals surface area contributed by atoms with E-state index in [-0.39, 0.29) is 0 Å². The Kier molecular flexibility index (Phi) is 6.98. The van der Waals surface area contributed by atoms with E-state index in [1.165, 1.54) is 11.1 Å². The summed E-state index contributed by atoms with van der Waals surface area (Å²) >= 11 is 0. The van der Waals surface area contributed by atoms with Gasteiger partial charge in [-0.15, -0.1) is 0 Å². The van der Waals surface area contributed by atoms with Crippen molar-refractivity contribution in [2.45, 2.75) is 20.1 Å². The third-order valence-corrected chi connectivity index (χ3v) is 4.49. The molecule has 7 heteroatoms. The number of nitrogens with zero attached hydrogens (tertiary/aromatic N) is 5. The maximum atomic E-state index is 5.16. The lowest BCUT2D eigenvalue weighted by Gasteiger charge is -2.36. The molecule has 144 valence electrons. The third kappa shape index (κ3) is 5.40. The second kappa shape index (κ2) is 9.87. The van der Waals surface area contributed by atoms with Gasteiger partial charge in [-0.2, -0.15) is 0 Å². The number of hydrogen-bond acceptors (Lipinski definition) is 5. The van der Waals surface area contributed by atoms with Gasteiger partial charge in [0.25, 0.3) is 0 Å². The first kappa shape index (κ1) is 19.1. The molecule has 2 aromatic rings. The summed E-state index contributed by atoms with van der Waals surface area (Å²) in [5.41, 5.74) is 2.37. The van der Waals surface area contributed by atoms with Crippen LogP contribution in [0.5, 0.6) is 0 Å². The van der Waals surface area contributed by atoms with Crippen molar-refractivity contribution >= 4 is 11.9 Å². The van der Waals surface area contributed by atoms with Crippen LogP contribution in [0.3, 0.4) is 0 Å². The van der Waals surface area contributed by atoms with Crippen molar-refractivity contribution in [2.24, 2.45) is 4.99 Å². The normalized spacial score (nSPS) is 15.1. The zero-order valence-corrected chi connectivity index (χ0v) is 16.1. The van der Waals surface area contributed by atoms with Gasteiger partial charge >= 0.3 is 0 Å². The van der Waals surface area contributed by atoms with Gasteiger partial charge in [0.2, 0.25) is 5.95 Å². The molecule has 0 radical (unpaired) electrons. The van der Waals surface area contributed by atoms with Crippen LogP contribution in [0.15, 0.2) is 47.7 Å². The Bertz CT molecular complexity index is 711. The number of ether oxygens (including phenoxy) is 1. The lowest BCUT2D eigenvalue weighted by atomic mass is 10.1. The fourth-order valence-electron chi connectivity index (χ4n) is 3.07. The van der Waals surface area contributed by atoms with Gasteiger partial charge < -0.3 is 19.9 Å². The molecule has 0 atom stereocenters. The molecule has 2 heterocycles. The Hall–Kier alpha value is -2.67. The number of benzene rings is 1. The average molecular weight is 368 g/mol. The van der Waals surface area contributed by atoms with E-state index < -0.39 is 0 Å². The molecular formula is C20H28N6O. The van der Waals surface area contributed by atoms with E-state index in [1.807, 2.05) is 6.07 Å². The second-order valence-electron chi connectivity index (χ2n) is 6.44. The third-order valence-electron chi connectivity index (χ3n) is 4.49. The van der Waals surface area contributed by atoms with E-state index in [1.54, 1.807) is 19.5 Å². The summed E-state index contributed by atoms with van der Waals surface area (Å²) in [6, 6.07) is 10.3. The Morgan fingerprint density at radius 2 is 1.74 bits per heavy atom. The Morgan fingerprint density at radius 3 is 2.37 bits per heavy atom. The van der Waals surface area contributed by atoms with Crippen LogP contribution in [0.25, 0.3) is 0 Å². The summed E-state index contributed by atoms with van der Waals surface area (Å²) in [7, 11) is 1.71. The summed E-state index contributed by atoms with van der Waals surface area (Å²) in [6.45, 7) is 7.84. The SMILES string of the molecule is CCNC(=NCc1ccc(COC)cc1)N1CCN(c2ncccn2)CC1. The molecular weight excluding hydrogens is 340 g/mol. The van der Waals surface area contributed by atoms with Crippen molar-refractivity contribution in [2.75, 3.05) is 44.7 Å². The topological polar surface area (TPSA) is 65.9 Å². The molecule has 3 rings (SSSR count). The quantitative estimate of drug-likeness (QED) is 0.621. The van der Waals surface area contributed by atoms with Crippen LogP contribution in [-0.4, -0.2) is 60.7 Å². The zero-order valence-electron chi connectivity index (χ0n) is 16.1. The summed E-state index contributed by atoms with van der Waals surface area (Å²) in [4.78, 5) is 18.0. The first-order valence-corrected chi connectivity index (χ1v) is 9.42. The fourth-order valence-corrected chi connectivity index (χ4v) is 3.07. The van der Waals surface area contributed by atoms with Crippen molar-refractivity contribution in [3.05, 3.63) is 53.9 Å². The van der Waals surface area contributed by atoms with Crippen LogP contribution in [0, 0.1) is 0 Å². The molecule has 1 aromatic heterocycles. The minimum Gasteiger partial charge on any atom is -0.380 e. The number of methoxy groups -OCH3 is 1. The van der Waals surface area contributed by atoms with Crippen molar-refractivity contribution in [1.29, 1.82) is 0 Å². The first-order valence-electron chi connectivity index (χ1n) is 9.42. The molecule has 0 saturated carbocycles. The number of rotatable bonds is 6. The highest BCUT2D eigenvalue weighted by Crippen LogP contribution is 2.11. The number of piperazine rings is 1. The molecule has 1 aromatic carbocycles. The van der Waals surface area contributed by atoms with E-state index in [9.17, 15) is 0 Å². The van der Waals surface area contributed by atoms with Crippen molar-refractivity contribution in [1.82, 2.24) is 20.2 Å². The summed E-state index contributed by atoms with van der Waals surface area (Å²) in [6.07, 6.45) is 3.58. The van der Waals surface area contributed by atoms with Gasteiger partial charge in [-0.1, -0.05) is 24.3 Å². The molecule has 0 amide bonds. The maximum Gasteiger partial charge on any atom is 0.225 e. The van der Waals surface area contributed by atoms with Crippen LogP contribution in [0.2, 0.25) is 0 Å². The van der Waals surface area contributed by atoms with Crippen LogP contribution >= 0.6 is 0 Å². The molecule has 1 N–H and O–H groups in total. The number of aliphatic imine (C=N–C) groups is 1. The Balaban J connectivity index is 1.59. The number of nitrogens with one attached hydrogen (secondary N) is 1. The van der Waals surface area contributed by atoms with Crippen LogP contribution in [0.4, 0.5) is 5.95 Å². The molecule has 1 aliphatic heterocycles. The standard InChI is InChI=1S/C20H28N6O/c1-3-21-19(24-15-17-5-7-18(8-6-17)16-27-2)25-11-13-26(14-12-25)20-22-9-4-10-23-20/h4-10H,3,11-16H2,1-2H3,(H,21,24). The predicted molar refractivity (Wildman–Crippen MR) is 108 cm³/mol. The number of guanidine groups is 1. The predicted octanol–water partition coefficient (Wildman–Crippen LogP) is 1.91. The molecule has 0 spiro atoms. The molecule has 0 unspecified atom stereocenters. The minimum atomic E-state index is 0.640. The van der Waals surface area contributed by atoms with E-state index in [0.29, 0.717) is 13.2 Å². The summed E-state index contributed by atoms with van der Waals surface area (Å²) < 4.78 is 5.16. The number of anilines is 1. The second-order valence-corrected chi connectivity index (χ2v) is 6.44. The van der Waals surface area contributed by atoms with Gasteiger partial charge in [0.05, 0.1) is 13.2 Å². The maximum absolute atomic E-state index is 5.16. The van der Waals surface area contributed by atoms with Crippen LogP contribution in [-0.2, 0) is 17.9 Å². The molecule has 1 saturated heterocycles. The van der Waals surface area contributed by atoms with Gasteiger partial charge in [-0.3, -0.25) is 0 Å². The van der Waals surface area contributed by atoms with Gasteiger partial charge in [0, 0.05) is 52.2 Å². The number of aromatic nitrogens is 2. The Morgan fingerprint density at radius 1 is 1.07 bits per heavy atom. The molecule has 0 aliphatic carbocycles. The van der Waals surface area contributed by atoms with E-state index >= 15 is 0 Å². The van der Waals surface area contributed by atoms with E-state index in [2.05, 4.69) is 56.3 Å². The van der Waals surface area contributed by atoms with Gasteiger partial charge in [-0.05, 0) is 24.1 Å². The Labute approximate surface area is 161 Å². The fraction of sp³-hybridized carbons (Fsp3) is 0.450. The summed E-state index contributed by atoms with van der Waals surface area (Å²) in [5, 5.41) is 3.42. The zero-order chi connectivity index (χ0) is 18.9. The van der Waals surface area contributed by atoms with E-state index in [4.69, 9.17) is 9.73 Å². The molecule has 0 bridgehead atoms. The van der Waals surface area contributed by atoms with Crippen LogP contribution in [0.1, 0.15) is 18.1 Å². The molecule has 1 fully saturated rings. The monoisotopic (exact) mass is 368 g/mol. The lowest BCUT2D eigenvalue weighted by molar-refractivity contribution is 0.185.